The van der Waals surface area contributed by atoms with Crippen molar-refractivity contribution >= 4 is 23.2 Å². The Labute approximate surface area is 277 Å². The summed E-state index contributed by atoms with van der Waals surface area (Å²) in [5.74, 6) is 0.683. The number of phenolic OH excluding ortho intramolecular Hbond substituents is 2. The average Bonchev–Trinajstić information content (AvgIpc) is 3.10. The predicted octanol–water partition coefficient (Wildman–Crippen LogP) is 4.11. The first-order valence-corrected chi connectivity index (χ1v) is 15.9. The lowest BCUT2D eigenvalue weighted by atomic mass is 9.90. The summed E-state index contributed by atoms with van der Waals surface area (Å²) < 4.78 is 10.4. The van der Waals surface area contributed by atoms with E-state index in [0.29, 0.717) is 22.6 Å². The van der Waals surface area contributed by atoms with Crippen LogP contribution in [0.4, 0.5) is 11.4 Å². The first-order valence-electron chi connectivity index (χ1n) is 15.9. The molecule has 248 valence electrons. The van der Waals surface area contributed by atoms with E-state index in [1.807, 2.05) is 36.4 Å². The second-order valence-corrected chi connectivity index (χ2v) is 12.3. The average molecular weight is 651 g/mol. The Hall–Kier alpha value is -5.46. The van der Waals surface area contributed by atoms with E-state index in [-0.39, 0.29) is 47.7 Å². The zero-order valence-corrected chi connectivity index (χ0v) is 26.6. The number of aromatic hydroxyl groups is 2. The van der Waals surface area contributed by atoms with Crippen LogP contribution < -0.4 is 41.4 Å². The maximum atomic E-state index is 12.6. The van der Waals surface area contributed by atoms with Crippen LogP contribution in [-0.4, -0.2) is 49.3 Å². The van der Waals surface area contributed by atoms with Gasteiger partial charge < -0.3 is 51.6 Å². The van der Waals surface area contributed by atoms with Gasteiger partial charge in [-0.2, -0.15) is 0 Å². The number of carbonyl (C=O) groups excluding carboxylic acids is 2. The number of carbonyl (C=O) groups is 2. The summed E-state index contributed by atoms with van der Waals surface area (Å²) in [4.78, 5) is 29.5. The van der Waals surface area contributed by atoms with Gasteiger partial charge in [0, 0.05) is 25.2 Å². The van der Waals surface area contributed by atoms with Crippen LogP contribution >= 0.6 is 0 Å². The van der Waals surface area contributed by atoms with Crippen molar-refractivity contribution in [1.29, 1.82) is 0 Å². The zero-order valence-electron chi connectivity index (χ0n) is 26.6. The number of nitrogens with one attached hydrogen (secondary N) is 2. The van der Waals surface area contributed by atoms with Crippen LogP contribution in [0.2, 0.25) is 0 Å². The number of benzene rings is 4. The molecule has 0 unspecified atom stereocenters. The fourth-order valence-electron chi connectivity index (χ4n) is 7.15. The number of para-hydroxylation sites is 2. The van der Waals surface area contributed by atoms with E-state index >= 15 is 0 Å². The maximum absolute atomic E-state index is 12.6. The zero-order chi connectivity index (χ0) is 33.7. The first-order chi connectivity index (χ1) is 23.2. The van der Waals surface area contributed by atoms with E-state index in [9.17, 15) is 19.8 Å². The predicted molar refractivity (Wildman–Crippen MR) is 180 cm³/mol. The molecule has 0 saturated carbocycles. The lowest BCUT2D eigenvalue weighted by Gasteiger charge is -2.44. The Morgan fingerprint density at radius 2 is 1.08 bits per heavy atom. The van der Waals surface area contributed by atoms with E-state index in [0.717, 1.165) is 59.6 Å². The van der Waals surface area contributed by atoms with Gasteiger partial charge in [-0.3, -0.25) is 9.59 Å². The van der Waals surface area contributed by atoms with E-state index in [2.05, 4.69) is 20.4 Å². The molecule has 4 atom stereocenters. The normalized spacial score (nSPS) is 21.9. The Morgan fingerprint density at radius 3 is 1.48 bits per heavy atom. The van der Waals surface area contributed by atoms with E-state index < -0.39 is 0 Å². The number of hydrogen-bond acceptors (Lipinski definition) is 10. The highest BCUT2D eigenvalue weighted by Crippen LogP contribution is 2.44. The standard InChI is InChI=1S/2C18H19N3O3/c2*1-24-15-9-10(5-6-14(15)22)17-20-18(23)12-4-2-3-11-13(19)7-8-21(17)16(11)12/h2*2-6,9,13,17,22H,7-8,19H2,1H3,(H,20,23)/t2*13-,17-/m10/s1. The fourth-order valence-corrected chi connectivity index (χ4v) is 7.15. The van der Waals surface area contributed by atoms with Crippen molar-refractivity contribution in [3.05, 3.63) is 106 Å². The fraction of sp³-hybridized carbons (Fsp3) is 0.278. The number of methoxy groups -OCH3 is 2. The number of nitrogens with two attached hydrogens (primary N) is 2. The summed E-state index contributed by atoms with van der Waals surface area (Å²) in [7, 11) is 3.01. The lowest BCUT2D eigenvalue weighted by Crippen LogP contribution is -2.49. The van der Waals surface area contributed by atoms with Gasteiger partial charge in [0.15, 0.2) is 23.0 Å². The van der Waals surface area contributed by atoms with Gasteiger partial charge in [0.1, 0.15) is 12.3 Å². The number of phenols is 2. The molecule has 48 heavy (non-hydrogen) atoms. The van der Waals surface area contributed by atoms with Gasteiger partial charge in [-0.15, -0.1) is 0 Å². The van der Waals surface area contributed by atoms with Gasteiger partial charge >= 0.3 is 0 Å². The van der Waals surface area contributed by atoms with Crippen LogP contribution in [0.5, 0.6) is 23.0 Å². The maximum Gasteiger partial charge on any atom is 0.255 e. The van der Waals surface area contributed by atoms with Crippen LogP contribution in [0.15, 0.2) is 72.8 Å². The number of anilines is 2. The largest absolute Gasteiger partial charge is 0.504 e. The number of ether oxygens (including phenoxy) is 2. The molecule has 0 aromatic heterocycles. The third-order valence-corrected chi connectivity index (χ3v) is 9.56. The molecule has 4 aromatic carbocycles. The van der Waals surface area contributed by atoms with Crippen molar-refractivity contribution in [3.63, 3.8) is 0 Å². The Morgan fingerprint density at radius 1 is 0.667 bits per heavy atom. The van der Waals surface area contributed by atoms with Crippen LogP contribution in [0.3, 0.4) is 0 Å². The number of hydrogen-bond donors (Lipinski definition) is 6. The topological polar surface area (TPSA) is 176 Å². The van der Waals surface area contributed by atoms with Crippen LogP contribution in [-0.2, 0) is 0 Å². The summed E-state index contributed by atoms with van der Waals surface area (Å²) in [5, 5.41) is 25.7. The molecule has 2 amide bonds. The summed E-state index contributed by atoms with van der Waals surface area (Å²) in [6.07, 6.45) is 1.01. The molecule has 8 rings (SSSR count). The molecule has 0 saturated heterocycles. The van der Waals surface area contributed by atoms with E-state index in [4.69, 9.17) is 20.9 Å². The third kappa shape index (κ3) is 5.19. The van der Waals surface area contributed by atoms with Crippen LogP contribution in [0.1, 0.15) is 80.2 Å². The number of amides is 2. The van der Waals surface area contributed by atoms with E-state index in [1.54, 1.807) is 36.4 Å². The van der Waals surface area contributed by atoms with Gasteiger partial charge in [-0.05, 0) is 71.5 Å². The molecular formula is C36H38N6O6. The summed E-state index contributed by atoms with van der Waals surface area (Å²) in [5.41, 5.74) is 19.3. The van der Waals surface area contributed by atoms with E-state index in [1.165, 1.54) is 14.2 Å². The minimum absolute atomic E-state index is 0.0582. The van der Waals surface area contributed by atoms with Crippen molar-refractivity contribution in [3.8, 4) is 23.0 Å². The van der Waals surface area contributed by atoms with Crippen molar-refractivity contribution in [2.75, 3.05) is 37.1 Å². The third-order valence-electron chi connectivity index (χ3n) is 9.56. The smallest absolute Gasteiger partial charge is 0.255 e. The molecule has 12 heteroatoms. The Bertz CT molecular complexity index is 1780. The molecule has 8 N–H and O–H groups in total. The quantitative estimate of drug-likeness (QED) is 0.189. The van der Waals surface area contributed by atoms with Gasteiger partial charge in [0.25, 0.3) is 11.8 Å². The molecule has 0 fully saturated rings. The highest BCUT2D eigenvalue weighted by atomic mass is 16.5. The van der Waals surface area contributed by atoms with Gasteiger partial charge in [-0.25, -0.2) is 0 Å². The van der Waals surface area contributed by atoms with Gasteiger partial charge in [0.05, 0.1) is 36.7 Å². The minimum atomic E-state index is -0.312. The molecule has 0 spiro atoms. The molecule has 4 aliphatic heterocycles. The Balaban J connectivity index is 0.000000152. The number of rotatable bonds is 4. The van der Waals surface area contributed by atoms with Gasteiger partial charge in [-0.1, -0.05) is 36.4 Å². The monoisotopic (exact) mass is 650 g/mol. The highest BCUT2D eigenvalue weighted by molar-refractivity contribution is 6.04. The van der Waals surface area contributed by atoms with Gasteiger partial charge in [0.2, 0.25) is 0 Å². The highest BCUT2D eigenvalue weighted by Gasteiger charge is 2.39. The molecule has 4 heterocycles. The van der Waals surface area contributed by atoms with Crippen molar-refractivity contribution in [1.82, 2.24) is 10.6 Å². The Kier molecular flexibility index (Phi) is 7.98. The molecule has 4 aliphatic rings. The molecule has 4 aromatic rings. The van der Waals surface area contributed by atoms with Crippen molar-refractivity contribution in [2.45, 2.75) is 37.3 Å². The SMILES string of the molecule is COc1cc([C@@H]2NC(=O)c3cccc4c3N2CC[C@H]4N)ccc1O.COc1cc([C@H]2NC(=O)c3cccc4c3N2CC[C@@H]4N)ccc1O. The molecule has 0 bridgehead atoms. The van der Waals surface area contributed by atoms with Crippen LogP contribution in [0.25, 0.3) is 0 Å². The molecule has 0 aliphatic carbocycles. The summed E-state index contributed by atoms with van der Waals surface area (Å²) >= 11 is 0. The van der Waals surface area contributed by atoms with Crippen LogP contribution in [0, 0.1) is 0 Å². The molecular weight excluding hydrogens is 612 g/mol. The second-order valence-electron chi connectivity index (χ2n) is 12.3. The van der Waals surface area contributed by atoms with Crippen molar-refractivity contribution in [2.24, 2.45) is 11.5 Å². The second kappa shape index (κ2) is 12.3. The summed E-state index contributed by atoms with van der Waals surface area (Å²) in [6, 6.07) is 21.5. The first kappa shape index (κ1) is 31.2. The summed E-state index contributed by atoms with van der Waals surface area (Å²) in [6.45, 7) is 1.50. The minimum Gasteiger partial charge on any atom is -0.504 e. The lowest BCUT2D eigenvalue weighted by molar-refractivity contribution is 0.0916. The molecule has 0 radical (unpaired) electrons. The molecule has 12 nitrogen and oxygen atoms in total. The number of nitrogens with zero attached hydrogens (tertiary/aromatic N) is 2. The van der Waals surface area contributed by atoms with Crippen molar-refractivity contribution < 1.29 is 29.3 Å².